The van der Waals surface area contributed by atoms with Crippen LogP contribution in [0.25, 0.3) is 22.6 Å². The molecule has 4 aromatic rings. The van der Waals surface area contributed by atoms with Crippen molar-refractivity contribution < 1.29 is 23.4 Å². The fraction of sp³-hybridized carbons (Fsp3) is 0.469. The lowest BCUT2D eigenvalue weighted by molar-refractivity contribution is -0.137. The predicted octanol–water partition coefficient (Wildman–Crippen LogP) is 6.93. The standard InChI is InChI=1S/C32H38F3IN6O2/c1-19-7-4-10-23(17-19)30-40-28-26(42(30)18-21-12-14-24(15-13-21)32(33,34)35)27(38-29(39-28)31(43)44)37-25(22-8-5-9-22)11-6-16-41(3)20(2)36/h4,7,10,12-15,17,20,22,25,31,43-44H,5-6,8-9,11,16,18H2,1-3H3,(H,37,38,39)/t20?,25-/m1/s1. The highest BCUT2D eigenvalue weighted by Crippen LogP contribution is 2.36. The predicted molar refractivity (Wildman–Crippen MR) is 173 cm³/mol. The van der Waals surface area contributed by atoms with E-state index in [4.69, 9.17) is 4.98 Å². The first-order valence-corrected chi connectivity index (χ1v) is 16.1. The summed E-state index contributed by atoms with van der Waals surface area (Å²) in [6.45, 7) is 5.28. The van der Waals surface area contributed by atoms with Gasteiger partial charge in [0.15, 0.2) is 17.3 Å². The summed E-state index contributed by atoms with van der Waals surface area (Å²) in [5.41, 5.74) is 2.59. The smallest absolute Gasteiger partial charge is 0.365 e. The minimum atomic E-state index is -4.43. The molecule has 3 N–H and O–H groups in total. The second-order valence-corrected chi connectivity index (χ2v) is 13.5. The Morgan fingerprint density at radius 3 is 2.41 bits per heavy atom. The lowest BCUT2D eigenvalue weighted by Crippen LogP contribution is -2.35. The normalized spacial score (nSPS) is 15.6. The molecule has 2 aromatic heterocycles. The molecule has 0 spiro atoms. The Hall–Kier alpha value is -2.81. The first-order chi connectivity index (χ1) is 20.9. The maximum absolute atomic E-state index is 13.3. The van der Waals surface area contributed by atoms with Gasteiger partial charge in [-0.1, -0.05) is 64.9 Å². The molecule has 2 atom stereocenters. The number of anilines is 1. The number of halogens is 4. The summed E-state index contributed by atoms with van der Waals surface area (Å²) in [5, 5.41) is 23.8. The van der Waals surface area contributed by atoms with Gasteiger partial charge in [0.05, 0.1) is 9.61 Å². The van der Waals surface area contributed by atoms with Crippen LogP contribution in [0.3, 0.4) is 0 Å². The summed E-state index contributed by atoms with van der Waals surface area (Å²) in [4.78, 5) is 16.1. The first-order valence-electron chi connectivity index (χ1n) is 14.9. The molecule has 12 heteroatoms. The molecule has 0 saturated heterocycles. The zero-order valence-electron chi connectivity index (χ0n) is 25.0. The van der Waals surface area contributed by atoms with Crippen LogP contribution in [0.15, 0.2) is 48.5 Å². The Bertz CT molecular complexity index is 1570. The number of aliphatic hydroxyl groups excluding tert-OH is 1. The maximum Gasteiger partial charge on any atom is 0.416 e. The number of nitrogens with zero attached hydrogens (tertiary/aromatic N) is 5. The van der Waals surface area contributed by atoms with Gasteiger partial charge in [0.25, 0.3) is 0 Å². The third-order valence-corrected chi connectivity index (χ3v) is 9.37. The Morgan fingerprint density at radius 1 is 1.09 bits per heavy atom. The largest absolute Gasteiger partial charge is 0.416 e. The molecule has 0 aliphatic heterocycles. The molecule has 0 amide bonds. The number of aryl methyl sites for hydroxylation is 1. The van der Waals surface area contributed by atoms with Gasteiger partial charge in [0.2, 0.25) is 6.29 Å². The van der Waals surface area contributed by atoms with Crippen molar-refractivity contribution in [3.05, 3.63) is 71.0 Å². The molecule has 0 bridgehead atoms. The fourth-order valence-corrected chi connectivity index (χ4v) is 5.87. The average Bonchev–Trinajstić information content (AvgIpc) is 3.30. The van der Waals surface area contributed by atoms with E-state index in [9.17, 15) is 23.4 Å². The lowest BCUT2D eigenvalue weighted by Gasteiger charge is -2.35. The summed E-state index contributed by atoms with van der Waals surface area (Å²) in [6.07, 6.45) is -1.10. The Balaban J connectivity index is 1.60. The first kappa shape index (κ1) is 32.6. The van der Waals surface area contributed by atoms with Crippen molar-refractivity contribution in [1.29, 1.82) is 0 Å². The van der Waals surface area contributed by atoms with E-state index in [1.807, 2.05) is 35.8 Å². The van der Waals surface area contributed by atoms with Gasteiger partial charge in [-0.05, 0) is 82.8 Å². The summed E-state index contributed by atoms with van der Waals surface area (Å²) in [7, 11) is 2.11. The summed E-state index contributed by atoms with van der Waals surface area (Å²) in [5.74, 6) is 1.28. The number of imidazole rings is 1. The highest BCUT2D eigenvalue weighted by atomic mass is 127. The minimum Gasteiger partial charge on any atom is -0.365 e. The summed E-state index contributed by atoms with van der Waals surface area (Å²) < 4.78 is 42.2. The highest BCUT2D eigenvalue weighted by Gasteiger charge is 2.31. The van der Waals surface area contributed by atoms with Gasteiger partial charge >= 0.3 is 6.18 Å². The number of alkyl halides is 4. The van der Waals surface area contributed by atoms with Crippen molar-refractivity contribution in [3.8, 4) is 11.4 Å². The Morgan fingerprint density at radius 2 is 1.82 bits per heavy atom. The molecule has 1 aliphatic rings. The van der Waals surface area contributed by atoms with Crippen LogP contribution in [0.1, 0.15) is 67.8 Å². The van der Waals surface area contributed by atoms with Crippen LogP contribution in [0, 0.1) is 12.8 Å². The number of hydrogen-bond donors (Lipinski definition) is 3. The van der Waals surface area contributed by atoms with Crippen LogP contribution in [0.2, 0.25) is 0 Å². The van der Waals surface area contributed by atoms with E-state index < -0.39 is 18.0 Å². The van der Waals surface area contributed by atoms with Gasteiger partial charge < -0.3 is 20.1 Å². The van der Waals surface area contributed by atoms with Gasteiger partial charge in [-0.15, -0.1) is 0 Å². The van der Waals surface area contributed by atoms with Crippen molar-refractivity contribution in [2.75, 3.05) is 18.9 Å². The molecule has 1 aliphatic carbocycles. The lowest BCUT2D eigenvalue weighted by atomic mass is 9.78. The molecule has 2 aromatic carbocycles. The summed E-state index contributed by atoms with van der Waals surface area (Å²) >= 11 is 2.40. The number of aromatic nitrogens is 4. The topological polar surface area (TPSA) is 99.3 Å². The SMILES string of the molecule is Cc1cccc(-c2nc3nc(C(O)O)nc(N[C@H](CCCN(C)C(C)I)C4CCC4)c3n2Cc2ccc(C(F)(F)F)cc2)c1. The van der Waals surface area contributed by atoms with Crippen molar-refractivity contribution >= 4 is 39.6 Å². The van der Waals surface area contributed by atoms with Gasteiger partial charge in [0.1, 0.15) is 11.3 Å². The summed E-state index contributed by atoms with van der Waals surface area (Å²) in [6, 6.07) is 13.0. The van der Waals surface area contributed by atoms with E-state index in [0.29, 0.717) is 32.7 Å². The molecular formula is C32H38F3IN6O2. The number of rotatable bonds is 12. The number of fused-ring (bicyclic) bond motifs is 1. The molecule has 2 heterocycles. The van der Waals surface area contributed by atoms with Gasteiger partial charge in [-0.3, -0.25) is 4.90 Å². The van der Waals surface area contributed by atoms with Gasteiger partial charge in [0, 0.05) is 18.2 Å². The van der Waals surface area contributed by atoms with Crippen LogP contribution in [0.4, 0.5) is 19.0 Å². The van der Waals surface area contributed by atoms with Crippen LogP contribution in [0.5, 0.6) is 0 Å². The third kappa shape index (κ3) is 7.52. The maximum atomic E-state index is 13.3. The zero-order chi connectivity index (χ0) is 31.6. The van der Waals surface area contributed by atoms with Crippen LogP contribution >= 0.6 is 22.6 Å². The second-order valence-electron chi connectivity index (χ2n) is 11.7. The third-order valence-electron chi connectivity index (χ3n) is 8.42. The second kappa shape index (κ2) is 13.7. The van der Waals surface area contributed by atoms with E-state index >= 15 is 0 Å². The molecule has 1 fully saturated rings. The van der Waals surface area contributed by atoms with Gasteiger partial charge in [-0.2, -0.15) is 13.2 Å². The zero-order valence-corrected chi connectivity index (χ0v) is 27.2. The van der Waals surface area contributed by atoms with E-state index in [2.05, 4.69) is 56.7 Å². The van der Waals surface area contributed by atoms with E-state index in [1.54, 1.807) is 0 Å². The Labute approximate surface area is 268 Å². The molecule has 236 valence electrons. The van der Waals surface area contributed by atoms with Gasteiger partial charge in [-0.25, -0.2) is 15.0 Å². The molecule has 1 unspecified atom stereocenters. The molecule has 5 rings (SSSR count). The number of aliphatic hydroxyl groups is 2. The number of benzene rings is 2. The van der Waals surface area contributed by atoms with Crippen LogP contribution in [-0.4, -0.2) is 58.3 Å². The fourth-order valence-electron chi connectivity index (χ4n) is 5.59. The number of hydrogen-bond acceptors (Lipinski definition) is 7. The van der Waals surface area contributed by atoms with Crippen molar-refractivity contribution in [1.82, 2.24) is 24.4 Å². The molecule has 8 nitrogen and oxygen atoms in total. The molecule has 44 heavy (non-hydrogen) atoms. The minimum absolute atomic E-state index is 0.0975. The van der Waals surface area contributed by atoms with E-state index in [0.717, 1.165) is 61.9 Å². The monoisotopic (exact) mass is 722 g/mol. The molecule has 1 saturated carbocycles. The molecular weight excluding hydrogens is 684 g/mol. The van der Waals surface area contributed by atoms with E-state index in [-0.39, 0.29) is 24.1 Å². The highest BCUT2D eigenvalue weighted by molar-refractivity contribution is 14.1. The van der Waals surface area contributed by atoms with Crippen molar-refractivity contribution in [2.45, 2.75) is 75.1 Å². The quantitative estimate of drug-likeness (QED) is 0.0632. The van der Waals surface area contributed by atoms with E-state index in [1.165, 1.54) is 12.1 Å². The van der Waals surface area contributed by atoms with Crippen molar-refractivity contribution in [2.24, 2.45) is 5.92 Å². The van der Waals surface area contributed by atoms with Crippen molar-refractivity contribution in [3.63, 3.8) is 0 Å². The molecule has 0 radical (unpaired) electrons. The number of nitrogens with one attached hydrogen (secondary N) is 1. The van der Waals surface area contributed by atoms with Crippen LogP contribution in [-0.2, 0) is 12.7 Å². The van der Waals surface area contributed by atoms with Crippen LogP contribution < -0.4 is 5.32 Å². The Kier molecular flexibility index (Phi) is 10.1. The average molecular weight is 723 g/mol.